The van der Waals surface area contributed by atoms with Crippen LogP contribution in [0.4, 0.5) is 16.4 Å². The number of hydrogen-bond donors (Lipinski definition) is 0. The Hall–Kier alpha value is -7.72. The first-order valence-corrected chi connectivity index (χ1v) is 22.8. The zero-order valence-electron chi connectivity index (χ0n) is 35.9. The summed E-state index contributed by atoms with van der Waals surface area (Å²) in [5.74, 6) is 0. The summed E-state index contributed by atoms with van der Waals surface area (Å²) in [6.45, 7) is 8.64. The minimum atomic E-state index is -0.445. The first-order chi connectivity index (χ1) is 31.6. The van der Waals surface area contributed by atoms with Gasteiger partial charge in [0.15, 0.2) is 0 Å². The Morgan fingerprint density at radius 2 is 1.14 bits per heavy atom. The van der Waals surface area contributed by atoms with Gasteiger partial charge >= 0.3 is 0 Å². The molecule has 2 nitrogen and oxygen atoms in total. The Bertz CT molecular complexity index is 3330. The first kappa shape index (κ1) is 39.1. The predicted octanol–water partition coefficient (Wildman–Crippen LogP) is 16.8. The van der Waals surface area contributed by atoms with Crippen molar-refractivity contribution in [2.75, 3.05) is 4.90 Å². The maximum Gasteiger partial charge on any atom is 0.100 e. The SMILES string of the molecule is C=Cc1c(/C=C\C)n(-c2ccc3c(c2)-c2ccccc2C3(c2ccccc2)c2ccccc2)c2ccc(-c3cccc(-c4cccc(N(c5ccccc5)c5ccc(C)s5)c4)c3)cc12. The smallest absolute Gasteiger partial charge is 0.100 e. The molecule has 0 radical (unpaired) electrons. The number of para-hydroxylation sites is 1. The number of fused-ring (bicyclic) bond motifs is 4. The highest BCUT2D eigenvalue weighted by Gasteiger charge is 2.46. The number of nitrogens with zero attached hydrogens (tertiary/aromatic N) is 2. The van der Waals surface area contributed by atoms with E-state index in [9.17, 15) is 0 Å². The molecule has 8 aromatic carbocycles. The molecule has 0 fully saturated rings. The van der Waals surface area contributed by atoms with E-state index in [4.69, 9.17) is 0 Å². The van der Waals surface area contributed by atoms with Crippen LogP contribution in [0.2, 0.25) is 0 Å². The molecule has 0 amide bonds. The fourth-order valence-corrected chi connectivity index (χ4v) is 11.0. The molecule has 11 rings (SSSR count). The summed E-state index contributed by atoms with van der Waals surface area (Å²) in [5.41, 5.74) is 18.7. The lowest BCUT2D eigenvalue weighted by atomic mass is 9.68. The first-order valence-electron chi connectivity index (χ1n) is 22.0. The van der Waals surface area contributed by atoms with Crippen molar-refractivity contribution in [3.63, 3.8) is 0 Å². The van der Waals surface area contributed by atoms with Gasteiger partial charge in [-0.15, -0.1) is 11.3 Å². The summed E-state index contributed by atoms with van der Waals surface area (Å²) < 4.78 is 2.42. The Kier molecular flexibility index (Phi) is 9.91. The molecule has 2 aromatic heterocycles. The van der Waals surface area contributed by atoms with Crippen LogP contribution in [0, 0.1) is 6.92 Å². The third-order valence-electron chi connectivity index (χ3n) is 12.9. The fourth-order valence-electron chi connectivity index (χ4n) is 10.1. The van der Waals surface area contributed by atoms with Gasteiger partial charge in [-0.1, -0.05) is 164 Å². The minimum Gasteiger partial charge on any atom is -0.309 e. The van der Waals surface area contributed by atoms with Gasteiger partial charge < -0.3 is 9.47 Å². The molecular formula is C61H46N2S. The number of anilines is 3. The van der Waals surface area contributed by atoms with Crippen molar-refractivity contribution in [1.82, 2.24) is 4.57 Å². The van der Waals surface area contributed by atoms with Crippen LogP contribution in [-0.2, 0) is 5.41 Å². The Morgan fingerprint density at radius 1 is 0.531 bits per heavy atom. The third-order valence-corrected chi connectivity index (χ3v) is 13.9. The van der Waals surface area contributed by atoms with Crippen LogP contribution >= 0.6 is 11.3 Å². The molecule has 0 atom stereocenters. The van der Waals surface area contributed by atoms with Crippen molar-refractivity contribution in [3.05, 3.63) is 263 Å². The quantitative estimate of drug-likeness (QED) is 0.133. The van der Waals surface area contributed by atoms with Gasteiger partial charge in [0.05, 0.1) is 16.6 Å². The van der Waals surface area contributed by atoms with E-state index in [0.29, 0.717) is 0 Å². The number of thiophene rings is 1. The zero-order chi connectivity index (χ0) is 43.2. The highest BCUT2D eigenvalue weighted by Crippen LogP contribution is 2.56. The molecule has 1 aliphatic carbocycles. The lowest BCUT2D eigenvalue weighted by Crippen LogP contribution is -2.28. The minimum absolute atomic E-state index is 0.445. The standard InChI is InChI=1S/C61H46N2S/c1-4-19-58-52(5-2)55-40-46(44-21-17-20-43(38-44)45-22-18-29-50(39-45)62(49-27-13-8-14-28-49)60-37-32-42(3)64-60)33-36-59(55)63(58)51-34-35-57-54(41-51)53-30-15-16-31-56(53)61(57,47-23-9-6-10-24-47)48-25-11-7-12-26-48/h4-41H,2H2,1,3H3/b19-4-. The van der Waals surface area contributed by atoms with E-state index in [1.807, 2.05) is 17.4 Å². The maximum atomic E-state index is 4.38. The van der Waals surface area contributed by atoms with E-state index in [1.165, 1.54) is 65.3 Å². The van der Waals surface area contributed by atoms with E-state index in [1.54, 1.807) is 0 Å². The Labute approximate surface area is 380 Å². The van der Waals surface area contributed by atoms with Crippen LogP contribution < -0.4 is 4.90 Å². The average Bonchev–Trinajstić information content (AvgIpc) is 4.02. The zero-order valence-corrected chi connectivity index (χ0v) is 36.8. The van der Waals surface area contributed by atoms with Gasteiger partial charge in [0.1, 0.15) is 5.00 Å². The molecule has 3 heteroatoms. The van der Waals surface area contributed by atoms with Gasteiger partial charge in [-0.25, -0.2) is 0 Å². The summed E-state index contributed by atoms with van der Waals surface area (Å²) >= 11 is 1.81. The molecule has 0 bridgehead atoms. The molecule has 0 saturated heterocycles. The maximum absolute atomic E-state index is 4.38. The topological polar surface area (TPSA) is 8.17 Å². The van der Waals surface area contributed by atoms with E-state index in [0.717, 1.165) is 39.4 Å². The largest absolute Gasteiger partial charge is 0.309 e. The van der Waals surface area contributed by atoms with Crippen LogP contribution in [0.15, 0.2) is 225 Å². The summed E-state index contributed by atoms with van der Waals surface area (Å²) in [4.78, 5) is 3.64. The molecule has 64 heavy (non-hydrogen) atoms. The van der Waals surface area contributed by atoms with E-state index in [2.05, 4.69) is 254 Å². The third kappa shape index (κ3) is 6.39. The van der Waals surface area contributed by atoms with Gasteiger partial charge in [-0.2, -0.15) is 0 Å². The number of hydrogen-bond acceptors (Lipinski definition) is 2. The van der Waals surface area contributed by atoms with Crippen molar-refractivity contribution in [2.45, 2.75) is 19.3 Å². The van der Waals surface area contributed by atoms with Crippen LogP contribution in [-0.4, -0.2) is 4.57 Å². The molecule has 0 saturated carbocycles. The lowest BCUT2D eigenvalue weighted by molar-refractivity contribution is 0.768. The summed E-state index contributed by atoms with van der Waals surface area (Å²) in [6, 6.07) is 77.9. The second-order valence-corrected chi connectivity index (χ2v) is 17.8. The van der Waals surface area contributed by atoms with Crippen molar-refractivity contribution in [1.29, 1.82) is 0 Å². The number of benzene rings is 8. The molecule has 0 aliphatic heterocycles. The number of aromatic nitrogens is 1. The van der Waals surface area contributed by atoms with Gasteiger partial charge in [0, 0.05) is 32.9 Å². The van der Waals surface area contributed by atoms with Crippen LogP contribution in [0.25, 0.3) is 62.1 Å². The highest BCUT2D eigenvalue weighted by molar-refractivity contribution is 7.16. The molecule has 0 unspecified atom stereocenters. The highest BCUT2D eigenvalue weighted by atomic mass is 32.1. The van der Waals surface area contributed by atoms with Crippen LogP contribution in [0.3, 0.4) is 0 Å². The molecule has 0 spiro atoms. The second-order valence-electron chi connectivity index (χ2n) is 16.5. The Balaban J connectivity index is 1.02. The second kappa shape index (κ2) is 16.2. The van der Waals surface area contributed by atoms with Gasteiger partial charge in [0.25, 0.3) is 0 Å². The predicted molar refractivity (Wildman–Crippen MR) is 274 cm³/mol. The lowest BCUT2D eigenvalue weighted by Gasteiger charge is -2.33. The van der Waals surface area contributed by atoms with Crippen LogP contribution in [0.1, 0.15) is 45.3 Å². The van der Waals surface area contributed by atoms with Crippen molar-refractivity contribution < 1.29 is 0 Å². The summed E-state index contributed by atoms with van der Waals surface area (Å²) in [5, 5.41) is 2.36. The Morgan fingerprint density at radius 3 is 1.81 bits per heavy atom. The molecule has 0 N–H and O–H groups in total. The summed E-state index contributed by atoms with van der Waals surface area (Å²) in [7, 11) is 0. The van der Waals surface area contributed by atoms with E-state index in [-0.39, 0.29) is 0 Å². The van der Waals surface area contributed by atoms with E-state index >= 15 is 0 Å². The number of allylic oxidation sites excluding steroid dienone is 1. The van der Waals surface area contributed by atoms with E-state index < -0.39 is 5.41 Å². The fraction of sp³-hybridized carbons (Fsp3) is 0.0492. The van der Waals surface area contributed by atoms with Crippen molar-refractivity contribution >= 4 is 50.8 Å². The van der Waals surface area contributed by atoms with Gasteiger partial charge in [-0.05, 0) is 142 Å². The van der Waals surface area contributed by atoms with Gasteiger partial charge in [0.2, 0.25) is 0 Å². The summed E-state index contributed by atoms with van der Waals surface area (Å²) in [6.07, 6.45) is 6.37. The molecular weight excluding hydrogens is 793 g/mol. The number of aryl methyl sites for hydroxylation is 1. The van der Waals surface area contributed by atoms with Crippen molar-refractivity contribution in [2.24, 2.45) is 0 Å². The molecule has 10 aromatic rings. The monoisotopic (exact) mass is 838 g/mol. The molecule has 1 aliphatic rings. The van der Waals surface area contributed by atoms with Crippen LogP contribution in [0.5, 0.6) is 0 Å². The van der Waals surface area contributed by atoms with Gasteiger partial charge in [-0.3, -0.25) is 0 Å². The molecule has 306 valence electrons. The number of rotatable bonds is 10. The van der Waals surface area contributed by atoms with Crippen molar-refractivity contribution in [3.8, 4) is 39.1 Å². The normalized spacial score (nSPS) is 12.7. The molecule has 2 heterocycles. The average molecular weight is 839 g/mol.